The van der Waals surface area contributed by atoms with E-state index in [9.17, 15) is 9.59 Å². The Kier molecular flexibility index (Phi) is 5.71. The average Bonchev–Trinajstić information content (AvgIpc) is 3.11. The SMILES string of the molecule is O=C(C[NH+]1CCN(C(=O)[C@H]2CCCO2)CC1)Nc1ccc(Cl)cc1. The van der Waals surface area contributed by atoms with Crippen molar-refractivity contribution in [3.05, 3.63) is 29.3 Å². The summed E-state index contributed by atoms with van der Waals surface area (Å²) in [6.07, 6.45) is 1.54. The van der Waals surface area contributed by atoms with Gasteiger partial charge in [-0.15, -0.1) is 0 Å². The first kappa shape index (κ1) is 17.2. The summed E-state index contributed by atoms with van der Waals surface area (Å²) in [6.45, 7) is 4.03. The number of quaternary nitrogens is 1. The van der Waals surface area contributed by atoms with Crippen LogP contribution in [0.25, 0.3) is 0 Å². The Morgan fingerprint density at radius 3 is 2.58 bits per heavy atom. The maximum Gasteiger partial charge on any atom is 0.279 e. The summed E-state index contributed by atoms with van der Waals surface area (Å²) in [6, 6.07) is 7.07. The first-order chi connectivity index (χ1) is 11.6. The third-order valence-electron chi connectivity index (χ3n) is 4.53. The molecule has 0 aliphatic carbocycles. The van der Waals surface area contributed by atoms with Gasteiger partial charge in [-0.25, -0.2) is 0 Å². The molecule has 0 saturated carbocycles. The maximum atomic E-state index is 12.3. The van der Waals surface area contributed by atoms with Crippen molar-refractivity contribution in [2.45, 2.75) is 18.9 Å². The van der Waals surface area contributed by atoms with Crippen LogP contribution in [0.3, 0.4) is 0 Å². The molecule has 1 atom stereocenters. The molecule has 2 amide bonds. The Labute approximate surface area is 146 Å². The zero-order valence-electron chi connectivity index (χ0n) is 13.6. The molecule has 2 fully saturated rings. The fourth-order valence-electron chi connectivity index (χ4n) is 3.16. The van der Waals surface area contributed by atoms with Crippen LogP contribution < -0.4 is 10.2 Å². The van der Waals surface area contributed by atoms with Gasteiger partial charge in [-0.05, 0) is 37.1 Å². The molecule has 0 unspecified atom stereocenters. The number of rotatable bonds is 4. The lowest BCUT2D eigenvalue weighted by molar-refractivity contribution is -0.895. The molecule has 0 bridgehead atoms. The lowest BCUT2D eigenvalue weighted by Crippen LogP contribution is -3.15. The molecule has 7 heteroatoms. The van der Waals surface area contributed by atoms with Crippen LogP contribution in [0.5, 0.6) is 0 Å². The normalized spacial score (nSPS) is 21.7. The van der Waals surface area contributed by atoms with Crippen molar-refractivity contribution < 1.29 is 19.2 Å². The molecule has 2 aliphatic rings. The summed E-state index contributed by atoms with van der Waals surface area (Å²) >= 11 is 5.83. The Balaban J connectivity index is 1.42. The van der Waals surface area contributed by atoms with Crippen LogP contribution in [0.2, 0.25) is 5.02 Å². The van der Waals surface area contributed by atoms with Crippen molar-refractivity contribution in [2.75, 3.05) is 44.6 Å². The van der Waals surface area contributed by atoms with Gasteiger partial charge in [0.25, 0.3) is 11.8 Å². The number of ether oxygens (including phenoxy) is 1. The van der Waals surface area contributed by atoms with Crippen LogP contribution in [0, 0.1) is 0 Å². The second-order valence-electron chi connectivity index (χ2n) is 6.31. The topological polar surface area (TPSA) is 63.1 Å². The zero-order chi connectivity index (χ0) is 16.9. The number of nitrogens with zero attached hydrogens (tertiary/aromatic N) is 1. The van der Waals surface area contributed by atoms with Gasteiger partial charge in [0.15, 0.2) is 6.54 Å². The van der Waals surface area contributed by atoms with E-state index in [1.54, 1.807) is 24.3 Å². The van der Waals surface area contributed by atoms with Crippen LogP contribution in [0.1, 0.15) is 12.8 Å². The van der Waals surface area contributed by atoms with E-state index in [-0.39, 0.29) is 17.9 Å². The highest BCUT2D eigenvalue weighted by Crippen LogP contribution is 2.15. The van der Waals surface area contributed by atoms with E-state index in [1.807, 2.05) is 4.90 Å². The van der Waals surface area contributed by atoms with Crippen LogP contribution in [0.15, 0.2) is 24.3 Å². The number of hydrogen-bond acceptors (Lipinski definition) is 3. The van der Waals surface area contributed by atoms with E-state index in [2.05, 4.69) is 5.32 Å². The molecule has 2 aliphatic heterocycles. The van der Waals surface area contributed by atoms with E-state index >= 15 is 0 Å². The summed E-state index contributed by atoms with van der Waals surface area (Å²) in [4.78, 5) is 27.5. The van der Waals surface area contributed by atoms with Gasteiger partial charge >= 0.3 is 0 Å². The van der Waals surface area contributed by atoms with Crippen molar-refractivity contribution in [1.29, 1.82) is 0 Å². The molecule has 6 nitrogen and oxygen atoms in total. The molecular weight excluding hydrogens is 330 g/mol. The smallest absolute Gasteiger partial charge is 0.279 e. The molecular formula is C17H23ClN3O3+. The highest BCUT2D eigenvalue weighted by atomic mass is 35.5. The van der Waals surface area contributed by atoms with Gasteiger partial charge in [-0.1, -0.05) is 11.6 Å². The summed E-state index contributed by atoms with van der Waals surface area (Å²) in [7, 11) is 0. The summed E-state index contributed by atoms with van der Waals surface area (Å²) < 4.78 is 5.46. The van der Waals surface area contributed by atoms with Crippen molar-refractivity contribution in [3.63, 3.8) is 0 Å². The quantitative estimate of drug-likeness (QED) is 0.813. The number of benzene rings is 1. The maximum absolute atomic E-state index is 12.3. The minimum absolute atomic E-state index is 0.0220. The Morgan fingerprint density at radius 2 is 1.96 bits per heavy atom. The van der Waals surface area contributed by atoms with Crippen LogP contribution in [0.4, 0.5) is 5.69 Å². The van der Waals surface area contributed by atoms with Crippen molar-refractivity contribution in [1.82, 2.24) is 4.90 Å². The number of amides is 2. The van der Waals surface area contributed by atoms with Gasteiger partial charge in [0, 0.05) is 17.3 Å². The summed E-state index contributed by atoms with van der Waals surface area (Å²) in [5, 5.41) is 3.52. The first-order valence-corrected chi connectivity index (χ1v) is 8.79. The lowest BCUT2D eigenvalue weighted by Gasteiger charge is -2.33. The van der Waals surface area contributed by atoms with E-state index in [1.165, 1.54) is 4.90 Å². The summed E-state index contributed by atoms with van der Waals surface area (Å²) in [5.74, 6) is 0.0865. The van der Waals surface area contributed by atoms with Gasteiger partial charge in [-0.2, -0.15) is 0 Å². The number of carbonyl (C=O) groups excluding carboxylic acids is 2. The van der Waals surface area contributed by atoms with Gasteiger partial charge in [0.05, 0.1) is 26.2 Å². The third-order valence-corrected chi connectivity index (χ3v) is 4.78. The third kappa shape index (κ3) is 4.47. The monoisotopic (exact) mass is 352 g/mol. The Morgan fingerprint density at radius 1 is 1.25 bits per heavy atom. The number of hydrogen-bond donors (Lipinski definition) is 2. The van der Waals surface area contributed by atoms with E-state index < -0.39 is 0 Å². The molecule has 0 radical (unpaired) electrons. The second-order valence-corrected chi connectivity index (χ2v) is 6.75. The number of piperazine rings is 1. The van der Waals surface area contributed by atoms with E-state index in [0.717, 1.165) is 31.6 Å². The summed E-state index contributed by atoms with van der Waals surface area (Å²) in [5.41, 5.74) is 0.746. The van der Waals surface area contributed by atoms with E-state index in [4.69, 9.17) is 16.3 Å². The molecule has 24 heavy (non-hydrogen) atoms. The number of carbonyl (C=O) groups is 2. The highest BCUT2D eigenvalue weighted by molar-refractivity contribution is 6.30. The van der Waals surface area contributed by atoms with Gasteiger partial charge in [-0.3, -0.25) is 9.59 Å². The number of nitrogens with one attached hydrogen (secondary N) is 2. The Bertz CT molecular complexity index is 579. The molecule has 3 rings (SSSR count). The number of halogens is 1. The predicted molar refractivity (Wildman–Crippen MR) is 91.2 cm³/mol. The standard InChI is InChI=1S/C17H22ClN3O3/c18-13-3-5-14(6-4-13)19-16(22)12-20-7-9-21(10-8-20)17(23)15-2-1-11-24-15/h3-6,15H,1-2,7-12H2,(H,19,22)/p+1/t15-/m1/s1. The molecule has 0 spiro atoms. The molecule has 130 valence electrons. The van der Waals surface area contributed by atoms with Crippen molar-refractivity contribution >= 4 is 29.1 Å². The number of anilines is 1. The van der Waals surface area contributed by atoms with Crippen LogP contribution >= 0.6 is 11.6 Å². The minimum Gasteiger partial charge on any atom is -0.368 e. The fraction of sp³-hybridized carbons (Fsp3) is 0.529. The van der Waals surface area contributed by atoms with Crippen molar-refractivity contribution in [3.8, 4) is 0 Å². The Hall–Kier alpha value is -1.63. The van der Waals surface area contributed by atoms with Gasteiger partial charge < -0.3 is 19.9 Å². The van der Waals surface area contributed by atoms with Crippen LogP contribution in [-0.4, -0.2) is 62.1 Å². The van der Waals surface area contributed by atoms with Crippen molar-refractivity contribution in [2.24, 2.45) is 0 Å². The second kappa shape index (κ2) is 7.96. The highest BCUT2D eigenvalue weighted by Gasteiger charge is 2.31. The van der Waals surface area contributed by atoms with Gasteiger partial charge in [0.2, 0.25) is 0 Å². The molecule has 2 heterocycles. The first-order valence-electron chi connectivity index (χ1n) is 8.41. The lowest BCUT2D eigenvalue weighted by atomic mass is 10.2. The van der Waals surface area contributed by atoms with E-state index in [0.29, 0.717) is 31.3 Å². The average molecular weight is 353 g/mol. The fourth-order valence-corrected chi connectivity index (χ4v) is 3.29. The van der Waals surface area contributed by atoms with Gasteiger partial charge in [0.1, 0.15) is 6.10 Å². The molecule has 1 aromatic carbocycles. The molecule has 2 saturated heterocycles. The zero-order valence-corrected chi connectivity index (χ0v) is 14.3. The van der Waals surface area contributed by atoms with Crippen LogP contribution in [-0.2, 0) is 14.3 Å². The molecule has 0 aromatic heterocycles. The molecule has 2 N–H and O–H groups in total. The largest absolute Gasteiger partial charge is 0.368 e. The molecule has 1 aromatic rings. The minimum atomic E-state index is -0.250. The predicted octanol–water partition coefficient (Wildman–Crippen LogP) is 0.185.